The highest BCUT2D eigenvalue weighted by atomic mass is 16.3. The van der Waals surface area contributed by atoms with E-state index in [-0.39, 0.29) is 0 Å². The van der Waals surface area contributed by atoms with E-state index in [4.69, 9.17) is 0 Å². The highest BCUT2D eigenvalue weighted by molar-refractivity contribution is 4.91. The maximum Gasteiger partial charge on any atom is 0.0796 e. The Hall–Kier alpha value is -0.300. The molecule has 1 heteroatoms. The first-order valence-electron chi connectivity index (χ1n) is 3.76. The summed E-state index contributed by atoms with van der Waals surface area (Å²) < 4.78 is 0. The van der Waals surface area contributed by atoms with Crippen LogP contribution in [0.25, 0.3) is 0 Å². The van der Waals surface area contributed by atoms with Crippen LogP contribution in [0, 0.1) is 6.42 Å². The van der Waals surface area contributed by atoms with Crippen LogP contribution >= 0.6 is 0 Å². The molecule has 0 bridgehead atoms. The van der Waals surface area contributed by atoms with Crippen molar-refractivity contribution in [3.8, 4) is 0 Å². The van der Waals surface area contributed by atoms with E-state index in [0.29, 0.717) is 0 Å². The first-order chi connectivity index (χ1) is 4.62. The van der Waals surface area contributed by atoms with Crippen molar-refractivity contribution in [1.82, 2.24) is 0 Å². The molecule has 0 aromatic carbocycles. The Kier molecular flexibility index (Phi) is 4.37. The van der Waals surface area contributed by atoms with Crippen molar-refractivity contribution in [2.24, 2.45) is 0 Å². The third-order valence-corrected chi connectivity index (χ3v) is 1.62. The maximum absolute atomic E-state index is 9.42. The molecule has 0 aromatic heterocycles. The number of rotatable bonds is 5. The van der Waals surface area contributed by atoms with Gasteiger partial charge in [-0.25, -0.2) is 0 Å². The molecule has 0 rings (SSSR count). The molecule has 0 amide bonds. The van der Waals surface area contributed by atoms with Crippen molar-refractivity contribution in [2.45, 2.75) is 38.7 Å². The van der Waals surface area contributed by atoms with Crippen LogP contribution in [-0.4, -0.2) is 10.7 Å². The van der Waals surface area contributed by atoms with E-state index in [1.807, 2.05) is 6.92 Å². The molecular weight excluding hydrogens is 124 g/mol. The van der Waals surface area contributed by atoms with Gasteiger partial charge in [-0.1, -0.05) is 12.5 Å². The molecule has 10 heavy (non-hydrogen) atoms. The summed E-state index contributed by atoms with van der Waals surface area (Å²) in [6.07, 6.45) is 6.63. The topological polar surface area (TPSA) is 20.2 Å². The Labute approximate surface area is 63.8 Å². The van der Waals surface area contributed by atoms with Crippen molar-refractivity contribution >= 4 is 0 Å². The second-order valence-electron chi connectivity index (χ2n) is 2.86. The van der Waals surface area contributed by atoms with Gasteiger partial charge in [0.2, 0.25) is 0 Å². The van der Waals surface area contributed by atoms with Gasteiger partial charge in [0, 0.05) is 0 Å². The average Bonchev–Trinajstić information content (AvgIpc) is 1.89. The molecule has 0 aliphatic carbocycles. The van der Waals surface area contributed by atoms with Crippen molar-refractivity contribution < 1.29 is 5.11 Å². The van der Waals surface area contributed by atoms with E-state index in [9.17, 15) is 5.11 Å². The Morgan fingerprint density at radius 3 is 2.70 bits per heavy atom. The molecule has 0 aromatic rings. The molecule has 0 aliphatic heterocycles. The highest BCUT2D eigenvalue weighted by Gasteiger charge is 2.12. The molecule has 0 radical (unpaired) electrons. The first kappa shape index (κ1) is 9.70. The average molecular weight is 141 g/mol. The summed E-state index contributed by atoms with van der Waals surface area (Å²) in [6.45, 7) is 7.37. The molecular formula is C9H17O-. The van der Waals surface area contributed by atoms with Crippen molar-refractivity contribution in [3.05, 3.63) is 19.1 Å². The van der Waals surface area contributed by atoms with Crippen LogP contribution in [0.5, 0.6) is 0 Å². The summed E-state index contributed by atoms with van der Waals surface area (Å²) in [5.41, 5.74) is -0.664. The van der Waals surface area contributed by atoms with Crippen LogP contribution in [0.1, 0.15) is 33.1 Å². The number of aliphatic hydroxyl groups is 1. The second-order valence-corrected chi connectivity index (χ2v) is 2.86. The van der Waals surface area contributed by atoms with E-state index in [0.717, 1.165) is 19.3 Å². The van der Waals surface area contributed by atoms with Crippen LogP contribution in [-0.2, 0) is 0 Å². The third-order valence-electron chi connectivity index (χ3n) is 1.62. The number of hydrogen-bond acceptors (Lipinski definition) is 1. The lowest BCUT2D eigenvalue weighted by Crippen LogP contribution is -2.19. The molecule has 0 aliphatic rings. The van der Waals surface area contributed by atoms with Crippen LogP contribution in [0.4, 0.5) is 0 Å². The van der Waals surface area contributed by atoms with Crippen molar-refractivity contribution in [2.75, 3.05) is 0 Å². The minimum absolute atomic E-state index is 0.664. The van der Waals surface area contributed by atoms with Gasteiger partial charge in [-0.2, -0.15) is 13.3 Å². The SMILES string of the molecule is C=CC(C)(O)CCC[CH-]C. The van der Waals surface area contributed by atoms with Gasteiger partial charge in [-0.15, -0.1) is 6.58 Å². The Balaban J connectivity index is 3.37. The Bertz CT molecular complexity index is 94.9. The van der Waals surface area contributed by atoms with Gasteiger partial charge >= 0.3 is 0 Å². The minimum Gasteiger partial charge on any atom is -0.386 e. The predicted octanol–water partition coefficient (Wildman–Crippen LogP) is 2.32. The van der Waals surface area contributed by atoms with Crippen molar-refractivity contribution in [1.29, 1.82) is 0 Å². The van der Waals surface area contributed by atoms with Gasteiger partial charge in [0.15, 0.2) is 0 Å². The summed E-state index contributed by atoms with van der Waals surface area (Å²) >= 11 is 0. The molecule has 0 saturated heterocycles. The Morgan fingerprint density at radius 2 is 2.30 bits per heavy atom. The van der Waals surface area contributed by atoms with Crippen LogP contribution in [0.3, 0.4) is 0 Å². The fraction of sp³-hybridized carbons (Fsp3) is 0.667. The van der Waals surface area contributed by atoms with Crippen LogP contribution < -0.4 is 0 Å². The lowest BCUT2D eigenvalue weighted by atomic mass is 9.99. The lowest BCUT2D eigenvalue weighted by molar-refractivity contribution is 0.0998. The standard InChI is InChI=1S/C9H17O/c1-4-6-7-8-9(3,10)5-2/h4-5,10H,2,6-8H2,1,3H3/q-1. The fourth-order valence-corrected chi connectivity index (χ4v) is 0.766. The van der Waals surface area contributed by atoms with Gasteiger partial charge in [0.1, 0.15) is 0 Å². The largest absolute Gasteiger partial charge is 0.386 e. The Morgan fingerprint density at radius 1 is 1.70 bits per heavy atom. The van der Waals surface area contributed by atoms with E-state index in [1.165, 1.54) is 0 Å². The quantitative estimate of drug-likeness (QED) is 0.354. The molecule has 0 heterocycles. The van der Waals surface area contributed by atoms with E-state index in [1.54, 1.807) is 13.0 Å². The summed E-state index contributed by atoms with van der Waals surface area (Å²) in [7, 11) is 0. The lowest BCUT2D eigenvalue weighted by Gasteiger charge is -2.18. The van der Waals surface area contributed by atoms with E-state index >= 15 is 0 Å². The number of hydrogen-bond donors (Lipinski definition) is 1. The normalized spacial score (nSPS) is 16.3. The van der Waals surface area contributed by atoms with Crippen LogP contribution in [0.15, 0.2) is 12.7 Å². The highest BCUT2D eigenvalue weighted by Crippen LogP contribution is 2.14. The zero-order chi connectivity index (χ0) is 8.04. The second kappa shape index (κ2) is 4.51. The maximum atomic E-state index is 9.42. The smallest absolute Gasteiger partial charge is 0.0796 e. The molecule has 60 valence electrons. The van der Waals surface area contributed by atoms with E-state index in [2.05, 4.69) is 13.0 Å². The van der Waals surface area contributed by atoms with E-state index < -0.39 is 5.60 Å². The molecule has 1 unspecified atom stereocenters. The summed E-state index contributed by atoms with van der Waals surface area (Å²) in [4.78, 5) is 0. The summed E-state index contributed by atoms with van der Waals surface area (Å²) in [5, 5.41) is 9.42. The summed E-state index contributed by atoms with van der Waals surface area (Å²) in [5.74, 6) is 0. The molecule has 0 saturated carbocycles. The van der Waals surface area contributed by atoms with Gasteiger partial charge < -0.3 is 11.5 Å². The zero-order valence-corrected chi connectivity index (χ0v) is 6.93. The third kappa shape index (κ3) is 4.57. The monoisotopic (exact) mass is 141 g/mol. The van der Waals surface area contributed by atoms with Gasteiger partial charge in [-0.05, 0) is 13.3 Å². The summed E-state index contributed by atoms with van der Waals surface area (Å²) in [6, 6.07) is 0. The number of unbranched alkanes of at least 4 members (excludes halogenated alkanes) is 2. The molecule has 1 nitrogen and oxygen atoms in total. The fourth-order valence-electron chi connectivity index (χ4n) is 0.766. The van der Waals surface area contributed by atoms with Gasteiger partial charge in [0.05, 0.1) is 5.60 Å². The minimum atomic E-state index is -0.664. The molecule has 0 spiro atoms. The zero-order valence-electron chi connectivity index (χ0n) is 6.93. The van der Waals surface area contributed by atoms with Crippen LogP contribution in [0.2, 0.25) is 0 Å². The predicted molar refractivity (Wildman–Crippen MR) is 44.6 cm³/mol. The van der Waals surface area contributed by atoms with Crippen molar-refractivity contribution in [3.63, 3.8) is 0 Å². The van der Waals surface area contributed by atoms with Gasteiger partial charge in [0.25, 0.3) is 0 Å². The molecule has 0 fully saturated rings. The molecule has 1 N–H and O–H groups in total. The first-order valence-corrected chi connectivity index (χ1v) is 3.76. The molecule has 1 atom stereocenters. The van der Waals surface area contributed by atoms with Gasteiger partial charge in [-0.3, -0.25) is 0 Å².